The fourth-order valence-corrected chi connectivity index (χ4v) is 2.63. The number of piperidine rings is 1. The Labute approximate surface area is 112 Å². The quantitative estimate of drug-likeness (QED) is 0.870. The molecule has 2 aromatic heterocycles. The molecule has 0 aromatic carbocycles. The maximum Gasteiger partial charge on any atom is 0.180 e. The zero-order valence-corrected chi connectivity index (χ0v) is 11.4. The van der Waals surface area contributed by atoms with Crippen molar-refractivity contribution in [1.82, 2.24) is 19.3 Å². The molecule has 3 rings (SSSR count). The Balaban J connectivity index is 1.88. The summed E-state index contributed by atoms with van der Waals surface area (Å²) in [6.45, 7) is 2.24. The molecule has 1 atom stereocenters. The third-order valence-corrected chi connectivity index (χ3v) is 3.60. The van der Waals surface area contributed by atoms with E-state index in [9.17, 15) is 0 Å². The van der Waals surface area contributed by atoms with Gasteiger partial charge in [-0.25, -0.2) is 9.97 Å². The molecule has 19 heavy (non-hydrogen) atoms. The number of nitrogens with one attached hydrogen (secondary N) is 2. The van der Waals surface area contributed by atoms with Crippen molar-refractivity contribution in [3.05, 3.63) is 18.6 Å². The molecule has 6 heteroatoms. The third kappa shape index (κ3) is 2.49. The summed E-state index contributed by atoms with van der Waals surface area (Å²) in [5.74, 6) is 1.70. The van der Waals surface area contributed by atoms with Crippen molar-refractivity contribution in [1.29, 1.82) is 0 Å². The largest absolute Gasteiger partial charge is 0.372 e. The lowest BCUT2D eigenvalue weighted by Crippen LogP contribution is -2.40. The summed E-state index contributed by atoms with van der Waals surface area (Å²) < 4.78 is 1.99. The molecule has 0 saturated carbocycles. The third-order valence-electron chi connectivity index (χ3n) is 3.60. The molecular formula is C13H20N6. The van der Waals surface area contributed by atoms with Crippen molar-refractivity contribution in [2.24, 2.45) is 0 Å². The van der Waals surface area contributed by atoms with Gasteiger partial charge in [0.15, 0.2) is 11.5 Å². The normalized spacial score (nSPS) is 20.6. The van der Waals surface area contributed by atoms with Gasteiger partial charge in [0.25, 0.3) is 0 Å². The van der Waals surface area contributed by atoms with Crippen LogP contribution in [0.5, 0.6) is 0 Å². The maximum absolute atomic E-state index is 4.59. The van der Waals surface area contributed by atoms with Crippen molar-refractivity contribution < 1.29 is 0 Å². The first kappa shape index (κ1) is 12.2. The Bertz CT molecular complexity index is 563. The van der Waals surface area contributed by atoms with E-state index in [-0.39, 0.29) is 0 Å². The van der Waals surface area contributed by atoms with E-state index >= 15 is 0 Å². The Morgan fingerprint density at radius 2 is 2.32 bits per heavy atom. The highest BCUT2D eigenvalue weighted by Gasteiger charge is 2.18. The van der Waals surface area contributed by atoms with E-state index < -0.39 is 0 Å². The SMILES string of the molecule is CNc1cn2ccnc2c(NC2CCCN(C)C2)n1. The molecule has 2 N–H and O–H groups in total. The minimum Gasteiger partial charge on any atom is -0.372 e. The van der Waals surface area contributed by atoms with Crippen LogP contribution in [-0.4, -0.2) is 52.5 Å². The van der Waals surface area contributed by atoms with Crippen molar-refractivity contribution >= 4 is 17.3 Å². The van der Waals surface area contributed by atoms with Gasteiger partial charge in [0.05, 0.1) is 6.20 Å². The van der Waals surface area contributed by atoms with Gasteiger partial charge in [-0.1, -0.05) is 0 Å². The molecule has 0 spiro atoms. The van der Waals surface area contributed by atoms with Gasteiger partial charge in [-0.3, -0.25) is 0 Å². The number of anilines is 2. The maximum atomic E-state index is 4.59. The molecule has 3 heterocycles. The van der Waals surface area contributed by atoms with Crippen LogP contribution in [0, 0.1) is 0 Å². The van der Waals surface area contributed by atoms with Gasteiger partial charge in [0.1, 0.15) is 5.82 Å². The van der Waals surface area contributed by atoms with Crippen LogP contribution < -0.4 is 10.6 Å². The van der Waals surface area contributed by atoms with Crippen molar-refractivity contribution in [2.75, 3.05) is 37.8 Å². The number of hydrogen-bond donors (Lipinski definition) is 2. The molecule has 0 amide bonds. The van der Waals surface area contributed by atoms with Gasteiger partial charge < -0.3 is 19.9 Å². The average molecular weight is 260 g/mol. The lowest BCUT2D eigenvalue weighted by Gasteiger charge is -2.30. The second-order valence-electron chi connectivity index (χ2n) is 5.13. The molecule has 0 radical (unpaired) electrons. The predicted molar refractivity (Wildman–Crippen MR) is 76.7 cm³/mol. The van der Waals surface area contributed by atoms with Gasteiger partial charge >= 0.3 is 0 Å². The molecule has 1 aliphatic heterocycles. The van der Waals surface area contributed by atoms with Crippen LogP contribution in [0.15, 0.2) is 18.6 Å². The number of rotatable bonds is 3. The van der Waals surface area contributed by atoms with E-state index in [4.69, 9.17) is 0 Å². The van der Waals surface area contributed by atoms with Crippen molar-refractivity contribution in [2.45, 2.75) is 18.9 Å². The first-order chi connectivity index (χ1) is 9.26. The number of likely N-dealkylation sites (tertiary alicyclic amines) is 1. The summed E-state index contributed by atoms with van der Waals surface area (Å²) in [5, 5.41) is 6.62. The zero-order chi connectivity index (χ0) is 13.2. The fourth-order valence-electron chi connectivity index (χ4n) is 2.63. The van der Waals surface area contributed by atoms with Crippen LogP contribution in [0.2, 0.25) is 0 Å². The minimum absolute atomic E-state index is 0.443. The molecule has 6 nitrogen and oxygen atoms in total. The lowest BCUT2D eigenvalue weighted by molar-refractivity contribution is 0.261. The molecule has 1 aliphatic rings. The fraction of sp³-hybridized carbons (Fsp3) is 0.538. The average Bonchev–Trinajstić information content (AvgIpc) is 2.87. The Morgan fingerprint density at radius 3 is 3.11 bits per heavy atom. The molecule has 102 valence electrons. The van der Waals surface area contributed by atoms with E-state index in [1.807, 2.05) is 23.8 Å². The van der Waals surface area contributed by atoms with Gasteiger partial charge in [-0.2, -0.15) is 0 Å². The highest BCUT2D eigenvalue weighted by atomic mass is 15.2. The molecule has 1 fully saturated rings. The Hall–Kier alpha value is -1.82. The second-order valence-corrected chi connectivity index (χ2v) is 5.13. The topological polar surface area (TPSA) is 57.5 Å². The summed E-state index contributed by atoms with van der Waals surface area (Å²) in [5.41, 5.74) is 0.882. The molecular weight excluding hydrogens is 240 g/mol. The van der Waals surface area contributed by atoms with Gasteiger partial charge in [0, 0.05) is 32.0 Å². The Morgan fingerprint density at radius 1 is 1.42 bits per heavy atom. The highest BCUT2D eigenvalue weighted by molar-refractivity contribution is 5.65. The van der Waals surface area contributed by atoms with Gasteiger partial charge in [-0.05, 0) is 26.4 Å². The lowest BCUT2D eigenvalue weighted by atomic mass is 10.1. The van der Waals surface area contributed by atoms with Crippen LogP contribution in [-0.2, 0) is 0 Å². The van der Waals surface area contributed by atoms with Gasteiger partial charge in [0.2, 0.25) is 0 Å². The van der Waals surface area contributed by atoms with Crippen LogP contribution in [0.3, 0.4) is 0 Å². The predicted octanol–water partition coefficient (Wildman–Crippen LogP) is 1.28. The monoisotopic (exact) mass is 260 g/mol. The summed E-state index contributed by atoms with van der Waals surface area (Å²) >= 11 is 0. The molecule has 2 aromatic rings. The first-order valence-electron chi connectivity index (χ1n) is 6.73. The second kappa shape index (κ2) is 5.05. The number of imidazole rings is 1. The smallest absolute Gasteiger partial charge is 0.180 e. The van der Waals surface area contributed by atoms with E-state index in [1.54, 1.807) is 6.20 Å². The summed E-state index contributed by atoms with van der Waals surface area (Å²) in [4.78, 5) is 11.3. The van der Waals surface area contributed by atoms with Crippen molar-refractivity contribution in [3.63, 3.8) is 0 Å². The molecule has 1 saturated heterocycles. The van der Waals surface area contributed by atoms with E-state index in [0.29, 0.717) is 6.04 Å². The summed E-state index contributed by atoms with van der Waals surface area (Å²) in [6.07, 6.45) is 8.10. The molecule has 0 bridgehead atoms. The number of aromatic nitrogens is 3. The minimum atomic E-state index is 0.443. The Kier molecular flexibility index (Phi) is 3.25. The van der Waals surface area contributed by atoms with E-state index in [2.05, 4.69) is 32.5 Å². The van der Waals surface area contributed by atoms with E-state index in [0.717, 1.165) is 23.8 Å². The number of nitrogens with zero attached hydrogens (tertiary/aromatic N) is 4. The molecule has 0 aliphatic carbocycles. The number of fused-ring (bicyclic) bond motifs is 1. The first-order valence-corrected chi connectivity index (χ1v) is 6.73. The summed E-state index contributed by atoms with van der Waals surface area (Å²) in [7, 11) is 4.04. The number of likely N-dealkylation sites (N-methyl/N-ethyl adjacent to an activating group) is 1. The van der Waals surface area contributed by atoms with Crippen molar-refractivity contribution in [3.8, 4) is 0 Å². The van der Waals surface area contributed by atoms with Crippen LogP contribution in [0.1, 0.15) is 12.8 Å². The summed E-state index contributed by atoms with van der Waals surface area (Å²) in [6, 6.07) is 0.443. The van der Waals surface area contributed by atoms with Gasteiger partial charge in [-0.15, -0.1) is 0 Å². The zero-order valence-electron chi connectivity index (χ0n) is 11.4. The highest BCUT2D eigenvalue weighted by Crippen LogP contribution is 2.19. The number of hydrogen-bond acceptors (Lipinski definition) is 5. The molecule has 1 unspecified atom stereocenters. The van der Waals surface area contributed by atoms with Crippen LogP contribution in [0.25, 0.3) is 5.65 Å². The van der Waals surface area contributed by atoms with Crippen LogP contribution in [0.4, 0.5) is 11.6 Å². The standard InChI is InChI=1S/C13H20N6/c1-14-11-9-19-7-5-15-13(19)12(17-11)16-10-4-3-6-18(2)8-10/h5,7,9-10,14H,3-4,6,8H2,1-2H3,(H,16,17). The van der Waals surface area contributed by atoms with E-state index in [1.165, 1.54) is 19.4 Å². The van der Waals surface area contributed by atoms with Crippen LogP contribution >= 0.6 is 0 Å².